The predicted molar refractivity (Wildman–Crippen MR) is 78.7 cm³/mol. The number of rotatable bonds is 6. The number of thiophene rings is 1. The minimum absolute atomic E-state index is 0.363. The summed E-state index contributed by atoms with van der Waals surface area (Å²) in [6.45, 7) is 6.20. The average Bonchev–Trinajstić information content (AvgIpc) is 2.76. The Morgan fingerprint density at radius 1 is 1.39 bits per heavy atom. The zero-order chi connectivity index (χ0) is 12.8. The highest BCUT2D eigenvalue weighted by atomic mass is 35.5. The second-order valence-electron chi connectivity index (χ2n) is 5.17. The van der Waals surface area contributed by atoms with Crippen LogP contribution in [-0.4, -0.2) is 26.3 Å². The number of hydrogen-bond donors (Lipinski definition) is 1. The molecule has 0 aromatic carbocycles. The molecule has 1 N–H and O–H groups in total. The molecule has 1 aromatic heterocycles. The molecule has 0 unspecified atom stereocenters. The smallest absolute Gasteiger partial charge is 0.0931 e. The maximum absolute atomic E-state index is 6.03. The summed E-state index contributed by atoms with van der Waals surface area (Å²) in [5.74, 6) is 0. The zero-order valence-corrected chi connectivity index (χ0v) is 12.6. The van der Waals surface area contributed by atoms with E-state index in [0.29, 0.717) is 5.41 Å². The van der Waals surface area contributed by atoms with Crippen LogP contribution in [0.2, 0.25) is 4.34 Å². The maximum Gasteiger partial charge on any atom is 0.0931 e. The zero-order valence-electron chi connectivity index (χ0n) is 11.0. The maximum atomic E-state index is 6.03. The van der Waals surface area contributed by atoms with Crippen molar-refractivity contribution in [2.24, 2.45) is 5.41 Å². The van der Waals surface area contributed by atoms with Gasteiger partial charge >= 0.3 is 0 Å². The largest absolute Gasteiger partial charge is 0.381 e. The predicted octanol–water partition coefficient (Wildman–Crippen LogP) is 3.74. The third-order valence-corrected chi connectivity index (χ3v) is 4.89. The van der Waals surface area contributed by atoms with Crippen LogP contribution in [0.1, 0.15) is 31.1 Å². The van der Waals surface area contributed by atoms with Crippen molar-refractivity contribution in [2.75, 3.05) is 26.3 Å². The summed E-state index contributed by atoms with van der Waals surface area (Å²) in [4.78, 5) is 1.40. The third kappa shape index (κ3) is 3.95. The molecule has 0 radical (unpaired) electrons. The normalized spacial score (nSPS) is 19.0. The molecule has 1 aliphatic rings. The molecule has 2 rings (SSSR count). The first-order chi connectivity index (χ1) is 8.74. The second kappa shape index (κ2) is 6.90. The van der Waals surface area contributed by atoms with E-state index in [1.807, 2.05) is 6.07 Å². The van der Waals surface area contributed by atoms with Crippen LogP contribution in [0.3, 0.4) is 0 Å². The van der Waals surface area contributed by atoms with Crippen molar-refractivity contribution in [2.45, 2.75) is 32.6 Å². The van der Waals surface area contributed by atoms with Crippen molar-refractivity contribution in [1.29, 1.82) is 0 Å². The summed E-state index contributed by atoms with van der Waals surface area (Å²) in [6.07, 6.45) is 4.63. The lowest BCUT2D eigenvalue weighted by Gasteiger charge is -2.37. The lowest BCUT2D eigenvalue weighted by Crippen LogP contribution is -2.40. The molecule has 18 heavy (non-hydrogen) atoms. The lowest BCUT2D eigenvalue weighted by atomic mass is 9.76. The fraction of sp³-hybridized carbons (Fsp3) is 0.714. The van der Waals surface area contributed by atoms with Crippen molar-refractivity contribution in [1.82, 2.24) is 5.32 Å². The van der Waals surface area contributed by atoms with Gasteiger partial charge in [-0.05, 0) is 49.8 Å². The van der Waals surface area contributed by atoms with E-state index in [0.717, 1.165) is 49.9 Å². The molecule has 0 saturated carbocycles. The fourth-order valence-electron chi connectivity index (χ4n) is 2.57. The second-order valence-corrected chi connectivity index (χ2v) is 6.97. The van der Waals surface area contributed by atoms with Gasteiger partial charge in [-0.2, -0.15) is 0 Å². The standard InChI is InChI=1S/C14H22ClNOS/c1-2-7-16-11-14(5-8-17-9-6-14)10-12-3-4-13(15)18-12/h3-4,16H,2,5-11H2,1H3. The van der Waals surface area contributed by atoms with Gasteiger partial charge in [0.05, 0.1) is 4.34 Å². The summed E-state index contributed by atoms with van der Waals surface area (Å²) in [6, 6.07) is 4.18. The molecule has 2 heterocycles. The molecule has 4 heteroatoms. The van der Waals surface area contributed by atoms with Crippen LogP contribution in [0.4, 0.5) is 0 Å². The number of nitrogens with one attached hydrogen (secondary N) is 1. The first-order valence-corrected chi connectivity index (χ1v) is 7.96. The highest BCUT2D eigenvalue weighted by molar-refractivity contribution is 7.16. The van der Waals surface area contributed by atoms with E-state index in [2.05, 4.69) is 18.3 Å². The van der Waals surface area contributed by atoms with E-state index in [9.17, 15) is 0 Å². The Balaban J connectivity index is 1.99. The first-order valence-electron chi connectivity index (χ1n) is 6.77. The topological polar surface area (TPSA) is 21.3 Å². The van der Waals surface area contributed by atoms with Gasteiger partial charge in [0.1, 0.15) is 0 Å². The molecular formula is C14H22ClNOS. The van der Waals surface area contributed by atoms with Gasteiger partial charge in [0.2, 0.25) is 0 Å². The van der Waals surface area contributed by atoms with Crippen molar-refractivity contribution in [3.8, 4) is 0 Å². The monoisotopic (exact) mass is 287 g/mol. The van der Waals surface area contributed by atoms with Crippen LogP contribution >= 0.6 is 22.9 Å². The van der Waals surface area contributed by atoms with E-state index in [1.54, 1.807) is 11.3 Å². The molecule has 0 aliphatic carbocycles. The van der Waals surface area contributed by atoms with Crippen molar-refractivity contribution in [3.63, 3.8) is 0 Å². The molecule has 1 aliphatic heterocycles. The van der Waals surface area contributed by atoms with Crippen molar-refractivity contribution in [3.05, 3.63) is 21.3 Å². The van der Waals surface area contributed by atoms with E-state index >= 15 is 0 Å². The highest BCUT2D eigenvalue weighted by Crippen LogP contribution is 2.36. The van der Waals surface area contributed by atoms with E-state index in [-0.39, 0.29) is 0 Å². The van der Waals surface area contributed by atoms with Gasteiger partial charge in [-0.3, -0.25) is 0 Å². The quantitative estimate of drug-likeness (QED) is 0.805. The number of hydrogen-bond acceptors (Lipinski definition) is 3. The summed E-state index contributed by atoms with van der Waals surface area (Å²) in [5.41, 5.74) is 0.363. The van der Waals surface area contributed by atoms with E-state index < -0.39 is 0 Å². The number of ether oxygens (including phenoxy) is 1. The van der Waals surface area contributed by atoms with Crippen LogP contribution in [0.25, 0.3) is 0 Å². The Morgan fingerprint density at radius 2 is 2.17 bits per heavy atom. The molecule has 102 valence electrons. The summed E-state index contributed by atoms with van der Waals surface area (Å²) >= 11 is 7.74. The first kappa shape index (κ1) is 14.3. The minimum Gasteiger partial charge on any atom is -0.381 e. The van der Waals surface area contributed by atoms with Gasteiger partial charge in [0.15, 0.2) is 0 Å². The molecule has 1 saturated heterocycles. The van der Waals surface area contributed by atoms with E-state index in [1.165, 1.54) is 11.3 Å². The molecule has 0 amide bonds. The Hall–Kier alpha value is -0.0900. The van der Waals surface area contributed by atoms with Crippen LogP contribution in [0.15, 0.2) is 12.1 Å². The lowest BCUT2D eigenvalue weighted by molar-refractivity contribution is 0.0154. The fourth-order valence-corrected chi connectivity index (χ4v) is 3.83. The van der Waals surface area contributed by atoms with Crippen LogP contribution in [-0.2, 0) is 11.2 Å². The summed E-state index contributed by atoms with van der Waals surface area (Å²) in [5, 5.41) is 3.59. The SMILES string of the molecule is CCCNCC1(Cc2ccc(Cl)s2)CCOCC1. The Kier molecular flexibility index (Phi) is 5.49. The highest BCUT2D eigenvalue weighted by Gasteiger charge is 2.32. The van der Waals surface area contributed by atoms with Crippen LogP contribution in [0.5, 0.6) is 0 Å². The molecule has 1 aromatic rings. The Bertz CT molecular complexity index is 360. The van der Waals surface area contributed by atoms with Gasteiger partial charge in [-0.1, -0.05) is 18.5 Å². The average molecular weight is 288 g/mol. The molecule has 0 bridgehead atoms. The molecule has 1 fully saturated rings. The third-order valence-electron chi connectivity index (χ3n) is 3.66. The molecule has 0 atom stereocenters. The van der Waals surface area contributed by atoms with Gasteiger partial charge in [-0.25, -0.2) is 0 Å². The molecule has 2 nitrogen and oxygen atoms in total. The van der Waals surface area contributed by atoms with Crippen molar-refractivity contribution >= 4 is 22.9 Å². The van der Waals surface area contributed by atoms with Gasteiger partial charge < -0.3 is 10.1 Å². The van der Waals surface area contributed by atoms with Gasteiger partial charge in [0.25, 0.3) is 0 Å². The minimum atomic E-state index is 0.363. The molecule has 0 spiro atoms. The van der Waals surface area contributed by atoms with Crippen molar-refractivity contribution < 1.29 is 4.74 Å². The Morgan fingerprint density at radius 3 is 2.78 bits per heavy atom. The number of halogens is 1. The van der Waals surface area contributed by atoms with E-state index in [4.69, 9.17) is 16.3 Å². The van der Waals surface area contributed by atoms with Crippen LogP contribution < -0.4 is 5.32 Å². The molecular weight excluding hydrogens is 266 g/mol. The summed E-state index contributed by atoms with van der Waals surface area (Å²) in [7, 11) is 0. The summed E-state index contributed by atoms with van der Waals surface area (Å²) < 4.78 is 6.42. The van der Waals surface area contributed by atoms with Gasteiger partial charge in [0, 0.05) is 24.6 Å². The van der Waals surface area contributed by atoms with Crippen LogP contribution in [0, 0.1) is 5.41 Å². The van der Waals surface area contributed by atoms with Gasteiger partial charge in [-0.15, -0.1) is 11.3 Å². The Labute approximate surface area is 119 Å².